The Bertz CT molecular complexity index is 624. The van der Waals surface area contributed by atoms with Crippen molar-refractivity contribution in [2.24, 2.45) is 0 Å². The van der Waals surface area contributed by atoms with Gasteiger partial charge in [-0.2, -0.15) is 0 Å². The lowest BCUT2D eigenvalue weighted by molar-refractivity contribution is -0.0106. The SMILES string of the molecule is Cc1nnc(C2COCCN2C(=O)c2coc(Br)c2)o1. The second-order valence-electron chi connectivity index (χ2n) is 4.39. The van der Waals surface area contributed by atoms with Gasteiger partial charge in [-0.05, 0) is 15.9 Å². The maximum Gasteiger partial charge on any atom is 0.257 e. The van der Waals surface area contributed by atoms with Gasteiger partial charge in [0.25, 0.3) is 5.91 Å². The van der Waals surface area contributed by atoms with E-state index in [2.05, 4.69) is 26.1 Å². The van der Waals surface area contributed by atoms with Crippen molar-refractivity contribution in [1.29, 1.82) is 0 Å². The maximum atomic E-state index is 12.5. The van der Waals surface area contributed by atoms with Gasteiger partial charge in [0.1, 0.15) is 12.3 Å². The molecule has 106 valence electrons. The third-order valence-corrected chi connectivity index (χ3v) is 3.45. The summed E-state index contributed by atoms with van der Waals surface area (Å²) in [5.74, 6) is 0.700. The first kappa shape index (κ1) is 13.3. The normalized spacial score (nSPS) is 19.3. The molecule has 3 rings (SSSR count). The number of ether oxygens (including phenoxy) is 1. The Kier molecular flexibility index (Phi) is 3.58. The Morgan fingerprint density at radius 3 is 3.00 bits per heavy atom. The summed E-state index contributed by atoms with van der Waals surface area (Å²) in [7, 11) is 0. The van der Waals surface area contributed by atoms with Gasteiger partial charge in [0, 0.05) is 19.5 Å². The molecule has 0 aliphatic carbocycles. The minimum atomic E-state index is -0.369. The predicted molar refractivity (Wildman–Crippen MR) is 70.0 cm³/mol. The van der Waals surface area contributed by atoms with E-state index in [0.29, 0.717) is 41.8 Å². The van der Waals surface area contributed by atoms with Gasteiger partial charge in [-0.1, -0.05) is 0 Å². The minimum Gasteiger partial charge on any atom is -0.457 e. The molecule has 2 aromatic rings. The molecule has 2 aromatic heterocycles. The molecule has 1 unspecified atom stereocenters. The summed E-state index contributed by atoms with van der Waals surface area (Å²) in [5.41, 5.74) is 0.472. The molecule has 0 N–H and O–H groups in total. The number of rotatable bonds is 2. The maximum absolute atomic E-state index is 12.5. The molecule has 8 heteroatoms. The second kappa shape index (κ2) is 5.37. The van der Waals surface area contributed by atoms with Crippen LogP contribution in [-0.2, 0) is 4.74 Å². The molecule has 1 aliphatic heterocycles. The second-order valence-corrected chi connectivity index (χ2v) is 5.17. The Labute approximate surface area is 123 Å². The minimum absolute atomic E-state index is 0.149. The Balaban J connectivity index is 1.87. The van der Waals surface area contributed by atoms with Crippen molar-refractivity contribution in [2.45, 2.75) is 13.0 Å². The number of hydrogen-bond acceptors (Lipinski definition) is 6. The van der Waals surface area contributed by atoms with Gasteiger partial charge in [-0.25, -0.2) is 0 Å². The first-order valence-corrected chi connectivity index (χ1v) is 6.87. The lowest BCUT2D eigenvalue weighted by Gasteiger charge is -2.33. The number of nitrogens with zero attached hydrogens (tertiary/aromatic N) is 3. The lowest BCUT2D eigenvalue weighted by Crippen LogP contribution is -2.43. The highest BCUT2D eigenvalue weighted by Gasteiger charge is 2.33. The van der Waals surface area contributed by atoms with Crippen LogP contribution in [0.3, 0.4) is 0 Å². The number of aryl methyl sites for hydroxylation is 1. The highest BCUT2D eigenvalue weighted by molar-refractivity contribution is 9.10. The zero-order valence-electron chi connectivity index (χ0n) is 10.7. The van der Waals surface area contributed by atoms with E-state index in [1.807, 2.05) is 0 Å². The molecule has 0 saturated carbocycles. The van der Waals surface area contributed by atoms with Gasteiger partial charge in [0.15, 0.2) is 4.67 Å². The van der Waals surface area contributed by atoms with Crippen LogP contribution in [0, 0.1) is 6.92 Å². The smallest absolute Gasteiger partial charge is 0.257 e. The number of amides is 1. The lowest BCUT2D eigenvalue weighted by atomic mass is 10.2. The molecule has 0 bridgehead atoms. The number of hydrogen-bond donors (Lipinski definition) is 0. The first-order chi connectivity index (χ1) is 9.65. The number of aromatic nitrogens is 2. The van der Waals surface area contributed by atoms with Crippen molar-refractivity contribution in [3.8, 4) is 0 Å². The Hall–Kier alpha value is -1.67. The van der Waals surface area contributed by atoms with Crippen LogP contribution < -0.4 is 0 Å². The van der Waals surface area contributed by atoms with E-state index in [-0.39, 0.29) is 11.9 Å². The summed E-state index contributed by atoms with van der Waals surface area (Å²) >= 11 is 3.18. The van der Waals surface area contributed by atoms with E-state index in [4.69, 9.17) is 13.6 Å². The highest BCUT2D eigenvalue weighted by atomic mass is 79.9. The number of carbonyl (C=O) groups excluding carboxylic acids is 1. The molecule has 1 fully saturated rings. The number of halogens is 1. The molecule has 1 aliphatic rings. The molecule has 3 heterocycles. The number of carbonyl (C=O) groups is 1. The topological polar surface area (TPSA) is 81.6 Å². The molecule has 20 heavy (non-hydrogen) atoms. The summed E-state index contributed by atoms with van der Waals surface area (Å²) in [4.78, 5) is 14.2. The average molecular weight is 342 g/mol. The molecule has 1 saturated heterocycles. The van der Waals surface area contributed by atoms with Gasteiger partial charge < -0.3 is 18.5 Å². The van der Waals surface area contributed by atoms with Gasteiger partial charge in [-0.3, -0.25) is 4.79 Å². The molecular weight excluding hydrogens is 330 g/mol. The van der Waals surface area contributed by atoms with E-state index < -0.39 is 0 Å². The van der Waals surface area contributed by atoms with Crippen LogP contribution in [0.15, 0.2) is 25.8 Å². The molecule has 0 aromatic carbocycles. The van der Waals surface area contributed by atoms with Gasteiger partial charge in [0.05, 0.1) is 18.8 Å². The molecule has 0 spiro atoms. The van der Waals surface area contributed by atoms with Crippen LogP contribution in [0.4, 0.5) is 0 Å². The van der Waals surface area contributed by atoms with Crippen molar-refractivity contribution >= 4 is 21.8 Å². The van der Waals surface area contributed by atoms with E-state index in [9.17, 15) is 4.79 Å². The van der Waals surface area contributed by atoms with Crippen molar-refractivity contribution in [3.05, 3.63) is 34.3 Å². The fraction of sp³-hybridized carbons (Fsp3) is 0.417. The van der Waals surface area contributed by atoms with Crippen LogP contribution in [0.25, 0.3) is 0 Å². The van der Waals surface area contributed by atoms with Crippen molar-refractivity contribution < 1.29 is 18.4 Å². The van der Waals surface area contributed by atoms with E-state index in [1.54, 1.807) is 17.9 Å². The summed E-state index contributed by atoms with van der Waals surface area (Å²) in [5, 5.41) is 7.77. The zero-order chi connectivity index (χ0) is 14.1. The van der Waals surface area contributed by atoms with E-state index >= 15 is 0 Å². The summed E-state index contributed by atoms with van der Waals surface area (Å²) in [6.07, 6.45) is 1.41. The Morgan fingerprint density at radius 1 is 1.50 bits per heavy atom. The van der Waals surface area contributed by atoms with E-state index in [0.717, 1.165) is 0 Å². The largest absolute Gasteiger partial charge is 0.457 e. The van der Waals surface area contributed by atoms with Crippen LogP contribution in [0.5, 0.6) is 0 Å². The van der Waals surface area contributed by atoms with Crippen molar-refractivity contribution in [3.63, 3.8) is 0 Å². The Morgan fingerprint density at radius 2 is 2.35 bits per heavy atom. The summed E-state index contributed by atoms with van der Waals surface area (Å²) in [6, 6.07) is 1.26. The van der Waals surface area contributed by atoms with Gasteiger partial charge in [0.2, 0.25) is 11.8 Å². The zero-order valence-corrected chi connectivity index (χ0v) is 12.3. The van der Waals surface area contributed by atoms with Crippen LogP contribution in [-0.4, -0.2) is 40.8 Å². The fourth-order valence-corrected chi connectivity index (χ4v) is 2.43. The van der Waals surface area contributed by atoms with Crippen LogP contribution in [0.1, 0.15) is 28.2 Å². The quantitative estimate of drug-likeness (QED) is 0.830. The molecule has 1 amide bonds. The monoisotopic (exact) mass is 341 g/mol. The summed E-state index contributed by atoms with van der Waals surface area (Å²) < 4.78 is 16.4. The average Bonchev–Trinajstić information content (AvgIpc) is 3.07. The molecule has 7 nitrogen and oxygen atoms in total. The standard InChI is InChI=1S/C12H12BrN3O4/c1-7-14-15-11(20-7)9-6-18-3-2-16(9)12(17)8-4-10(13)19-5-8/h4-5,9H,2-3,6H2,1H3. The molecular formula is C12H12BrN3O4. The highest BCUT2D eigenvalue weighted by Crippen LogP contribution is 2.26. The van der Waals surface area contributed by atoms with Crippen molar-refractivity contribution in [2.75, 3.05) is 19.8 Å². The molecule has 0 radical (unpaired) electrons. The van der Waals surface area contributed by atoms with Crippen LogP contribution >= 0.6 is 15.9 Å². The van der Waals surface area contributed by atoms with Crippen molar-refractivity contribution in [1.82, 2.24) is 15.1 Å². The van der Waals surface area contributed by atoms with E-state index in [1.165, 1.54) is 6.26 Å². The first-order valence-electron chi connectivity index (χ1n) is 6.08. The summed E-state index contributed by atoms with van der Waals surface area (Å²) in [6.45, 7) is 2.99. The third kappa shape index (κ3) is 2.48. The van der Waals surface area contributed by atoms with Gasteiger partial charge >= 0.3 is 0 Å². The third-order valence-electron chi connectivity index (χ3n) is 3.03. The molecule has 1 atom stereocenters. The predicted octanol–water partition coefficient (Wildman–Crippen LogP) is 1.95. The fourth-order valence-electron chi connectivity index (χ4n) is 2.09. The van der Waals surface area contributed by atoms with Crippen LogP contribution in [0.2, 0.25) is 0 Å². The number of furan rings is 1. The number of morpholine rings is 1. The van der Waals surface area contributed by atoms with Gasteiger partial charge in [-0.15, -0.1) is 10.2 Å².